The van der Waals surface area contributed by atoms with E-state index in [1.54, 1.807) is 6.92 Å². The smallest absolute Gasteiger partial charge is 0.104 e. The molecule has 82 valence electrons. The van der Waals surface area contributed by atoms with E-state index in [0.717, 1.165) is 12.8 Å². The van der Waals surface area contributed by atoms with Gasteiger partial charge in [0.05, 0.1) is 0 Å². The first-order valence-corrected chi connectivity index (χ1v) is 5.16. The van der Waals surface area contributed by atoms with Crippen LogP contribution in [0.25, 0.3) is 0 Å². The van der Waals surface area contributed by atoms with E-state index in [1.807, 2.05) is 0 Å². The van der Waals surface area contributed by atoms with Crippen molar-refractivity contribution in [3.05, 3.63) is 0 Å². The highest BCUT2D eigenvalue weighted by Gasteiger charge is 2.04. The van der Waals surface area contributed by atoms with Crippen LogP contribution in [0.15, 0.2) is 10.3 Å². The number of hydrogen-bond donors (Lipinski definition) is 2. The Kier molecular flexibility index (Phi) is 7.89. The summed E-state index contributed by atoms with van der Waals surface area (Å²) in [6.07, 6.45) is 6.47. The van der Waals surface area contributed by atoms with E-state index in [0.29, 0.717) is 17.8 Å². The zero-order chi connectivity index (χ0) is 10.8. The molecular weight excluding hydrogens is 180 g/mol. The minimum Gasteiger partial charge on any atom is -0.411 e. The highest BCUT2D eigenvalue weighted by molar-refractivity contribution is 6.41. The number of hydrogen-bond acceptors (Lipinski definition) is 4. The van der Waals surface area contributed by atoms with E-state index in [4.69, 9.17) is 10.4 Å². The summed E-state index contributed by atoms with van der Waals surface area (Å²) in [6.45, 7) is 3.80. The second-order valence-corrected chi connectivity index (χ2v) is 3.40. The van der Waals surface area contributed by atoms with E-state index >= 15 is 0 Å². The maximum absolute atomic E-state index is 8.63. The standard InChI is InChI=1S/C10H20N2O2/c1-3-4-5-6-7-8-10(12-14)9(2)11-13/h13-14H,3-8H2,1-2H3/b11-9-,12-10+. The quantitative estimate of drug-likeness (QED) is 0.287. The Morgan fingerprint density at radius 2 is 1.64 bits per heavy atom. The van der Waals surface area contributed by atoms with Crippen LogP contribution in [0.2, 0.25) is 0 Å². The molecule has 4 nitrogen and oxygen atoms in total. The Labute approximate surface area is 85.3 Å². The van der Waals surface area contributed by atoms with E-state index in [9.17, 15) is 0 Å². The molecule has 2 N–H and O–H groups in total. The molecule has 0 saturated heterocycles. The molecule has 0 saturated carbocycles. The molecule has 0 spiro atoms. The van der Waals surface area contributed by atoms with Crippen LogP contribution < -0.4 is 0 Å². The molecule has 0 unspecified atom stereocenters. The van der Waals surface area contributed by atoms with E-state index < -0.39 is 0 Å². The summed E-state index contributed by atoms with van der Waals surface area (Å²) in [5.41, 5.74) is 0.868. The Morgan fingerprint density at radius 3 is 2.14 bits per heavy atom. The molecule has 0 aliphatic carbocycles. The van der Waals surface area contributed by atoms with Crippen LogP contribution in [-0.2, 0) is 0 Å². The molecular formula is C10H20N2O2. The first-order chi connectivity index (χ1) is 6.76. The van der Waals surface area contributed by atoms with Crippen LogP contribution in [-0.4, -0.2) is 21.8 Å². The van der Waals surface area contributed by atoms with Gasteiger partial charge < -0.3 is 10.4 Å². The lowest BCUT2D eigenvalue weighted by atomic mass is 10.1. The normalized spacial score (nSPS) is 13.3. The molecule has 0 aromatic heterocycles. The van der Waals surface area contributed by atoms with Gasteiger partial charge in [-0.25, -0.2) is 0 Å². The molecule has 0 aromatic carbocycles. The fraction of sp³-hybridized carbons (Fsp3) is 0.800. The third-order valence-corrected chi connectivity index (χ3v) is 2.21. The van der Waals surface area contributed by atoms with Crippen molar-refractivity contribution in [2.75, 3.05) is 0 Å². The van der Waals surface area contributed by atoms with Crippen LogP contribution in [0.3, 0.4) is 0 Å². The third-order valence-electron chi connectivity index (χ3n) is 2.21. The highest BCUT2D eigenvalue weighted by atomic mass is 16.4. The molecule has 0 radical (unpaired) electrons. The molecule has 0 aliphatic rings. The van der Waals surface area contributed by atoms with Crippen molar-refractivity contribution in [3.8, 4) is 0 Å². The van der Waals surface area contributed by atoms with Crippen molar-refractivity contribution < 1.29 is 10.4 Å². The Balaban J connectivity index is 3.65. The molecule has 14 heavy (non-hydrogen) atoms. The monoisotopic (exact) mass is 200 g/mol. The predicted octanol–water partition coefficient (Wildman–Crippen LogP) is 3.03. The molecule has 4 heteroatoms. The van der Waals surface area contributed by atoms with Crippen LogP contribution in [0, 0.1) is 0 Å². The maximum atomic E-state index is 8.63. The molecule has 0 rings (SSSR count). The Morgan fingerprint density at radius 1 is 1.00 bits per heavy atom. The van der Waals surface area contributed by atoms with Crippen molar-refractivity contribution in [2.45, 2.75) is 52.4 Å². The van der Waals surface area contributed by atoms with Crippen LogP contribution >= 0.6 is 0 Å². The van der Waals surface area contributed by atoms with Crippen molar-refractivity contribution in [1.29, 1.82) is 0 Å². The second kappa shape index (κ2) is 8.53. The average Bonchev–Trinajstić information content (AvgIpc) is 2.22. The fourth-order valence-corrected chi connectivity index (χ4v) is 1.26. The topological polar surface area (TPSA) is 65.2 Å². The third kappa shape index (κ3) is 5.56. The van der Waals surface area contributed by atoms with Gasteiger partial charge in [0, 0.05) is 0 Å². The SMILES string of the molecule is CCCCCCCC(=N\O)/C(C)=N\O. The van der Waals surface area contributed by atoms with Crippen molar-refractivity contribution >= 4 is 11.4 Å². The molecule has 0 heterocycles. The van der Waals surface area contributed by atoms with E-state index in [2.05, 4.69) is 17.2 Å². The summed E-state index contributed by atoms with van der Waals surface area (Å²) in [4.78, 5) is 0. The maximum Gasteiger partial charge on any atom is 0.104 e. The Bertz CT molecular complexity index is 200. The molecule has 0 amide bonds. The molecule has 0 atom stereocenters. The summed E-state index contributed by atoms with van der Waals surface area (Å²) in [5.74, 6) is 0. The lowest BCUT2D eigenvalue weighted by molar-refractivity contribution is 0.312. The molecule has 0 aromatic rings. The number of rotatable bonds is 7. The second-order valence-electron chi connectivity index (χ2n) is 3.40. The van der Waals surface area contributed by atoms with Crippen molar-refractivity contribution in [3.63, 3.8) is 0 Å². The largest absolute Gasteiger partial charge is 0.411 e. The minimum atomic E-state index is 0.392. The minimum absolute atomic E-state index is 0.392. The van der Waals surface area contributed by atoms with Gasteiger partial charge in [0.25, 0.3) is 0 Å². The molecule has 0 fully saturated rings. The van der Waals surface area contributed by atoms with Gasteiger partial charge in [-0.2, -0.15) is 0 Å². The van der Waals surface area contributed by atoms with Crippen molar-refractivity contribution in [2.24, 2.45) is 10.3 Å². The zero-order valence-electron chi connectivity index (χ0n) is 9.03. The van der Waals surface area contributed by atoms with Gasteiger partial charge >= 0.3 is 0 Å². The average molecular weight is 200 g/mol. The van der Waals surface area contributed by atoms with Gasteiger partial charge in [-0.1, -0.05) is 42.9 Å². The Hall–Kier alpha value is -1.06. The van der Waals surface area contributed by atoms with Gasteiger partial charge in [0.1, 0.15) is 11.4 Å². The zero-order valence-corrected chi connectivity index (χ0v) is 9.03. The summed E-state index contributed by atoms with van der Waals surface area (Å²) in [5, 5.41) is 23.2. The van der Waals surface area contributed by atoms with Crippen molar-refractivity contribution in [1.82, 2.24) is 0 Å². The number of nitrogens with zero attached hydrogens (tertiary/aromatic N) is 2. The van der Waals surface area contributed by atoms with E-state index in [-0.39, 0.29) is 0 Å². The molecule has 0 bridgehead atoms. The summed E-state index contributed by atoms with van der Waals surface area (Å²) in [6, 6.07) is 0. The van der Waals surface area contributed by atoms with E-state index in [1.165, 1.54) is 19.3 Å². The van der Waals surface area contributed by atoms with Crippen LogP contribution in [0.4, 0.5) is 0 Å². The van der Waals surface area contributed by atoms with Gasteiger partial charge in [-0.15, -0.1) is 0 Å². The number of unbranched alkanes of at least 4 members (excludes halogenated alkanes) is 4. The van der Waals surface area contributed by atoms with Gasteiger partial charge in [0.15, 0.2) is 0 Å². The summed E-state index contributed by atoms with van der Waals surface area (Å²) < 4.78 is 0. The number of oxime groups is 2. The lowest BCUT2D eigenvalue weighted by Gasteiger charge is -2.02. The van der Waals surface area contributed by atoms with Gasteiger partial charge in [-0.05, 0) is 19.8 Å². The van der Waals surface area contributed by atoms with Gasteiger partial charge in [0.2, 0.25) is 0 Å². The van der Waals surface area contributed by atoms with Gasteiger partial charge in [-0.3, -0.25) is 0 Å². The fourth-order valence-electron chi connectivity index (χ4n) is 1.26. The highest BCUT2D eigenvalue weighted by Crippen LogP contribution is 2.06. The predicted molar refractivity (Wildman–Crippen MR) is 57.5 cm³/mol. The molecule has 0 aliphatic heterocycles. The van der Waals surface area contributed by atoms with Crippen LogP contribution in [0.1, 0.15) is 52.4 Å². The lowest BCUT2D eigenvalue weighted by Crippen LogP contribution is -2.10. The van der Waals surface area contributed by atoms with Crippen LogP contribution in [0.5, 0.6) is 0 Å². The first-order valence-electron chi connectivity index (χ1n) is 5.16. The first kappa shape index (κ1) is 12.9. The summed E-state index contributed by atoms with van der Waals surface area (Å²) in [7, 11) is 0. The summed E-state index contributed by atoms with van der Waals surface area (Å²) >= 11 is 0.